The quantitative estimate of drug-likeness (QED) is 0.747. The number of fused-ring (bicyclic) bond motifs is 1. The van der Waals surface area contributed by atoms with Crippen LogP contribution >= 0.6 is 0 Å². The van der Waals surface area contributed by atoms with Gasteiger partial charge >= 0.3 is 0 Å². The lowest BCUT2D eigenvalue weighted by molar-refractivity contribution is 0.0996. The van der Waals surface area contributed by atoms with E-state index in [1.165, 1.54) is 71.0 Å². The number of nitrogens with one attached hydrogen (secondary N) is 1. The van der Waals surface area contributed by atoms with Gasteiger partial charge in [0.15, 0.2) is 0 Å². The number of piperidine rings is 1. The van der Waals surface area contributed by atoms with Gasteiger partial charge in [-0.15, -0.1) is 0 Å². The van der Waals surface area contributed by atoms with Crippen molar-refractivity contribution in [1.29, 1.82) is 0 Å². The maximum absolute atomic E-state index is 3.76. The minimum Gasteiger partial charge on any atom is -0.313 e. The number of nitrogens with zero attached hydrogens (tertiary/aromatic N) is 1. The molecule has 106 valence electrons. The number of hydrogen-bond acceptors (Lipinski definition) is 2. The number of likely N-dealkylation sites (tertiary alicyclic amines) is 1. The molecule has 18 heavy (non-hydrogen) atoms. The van der Waals surface area contributed by atoms with Crippen LogP contribution in [0, 0.1) is 5.92 Å². The SMILES string of the molecule is CCCNC(CCC)CN1CCCC2CCCC21. The standard InChI is InChI=1S/C16H32N2/c1-3-7-15(17-11-4-2)13-18-12-6-9-14-8-5-10-16(14)18/h14-17H,3-13H2,1-2H3. The normalized spacial score (nSPS) is 30.3. The van der Waals surface area contributed by atoms with E-state index in [0.29, 0.717) is 0 Å². The Morgan fingerprint density at radius 2 is 1.94 bits per heavy atom. The van der Waals surface area contributed by atoms with Crippen molar-refractivity contribution in [1.82, 2.24) is 10.2 Å². The topological polar surface area (TPSA) is 15.3 Å². The first-order valence-corrected chi connectivity index (χ1v) is 8.32. The molecule has 2 nitrogen and oxygen atoms in total. The summed E-state index contributed by atoms with van der Waals surface area (Å²) in [4.78, 5) is 2.82. The minimum atomic E-state index is 0.731. The molecule has 1 aliphatic carbocycles. The molecule has 0 spiro atoms. The molecule has 0 aromatic rings. The van der Waals surface area contributed by atoms with Gasteiger partial charge in [0.05, 0.1) is 0 Å². The second-order valence-corrected chi connectivity index (χ2v) is 6.34. The molecular weight excluding hydrogens is 220 g/mol. The smallest absolute Gasteiger partial charge is 0.0195 e. The molecule has 1 heterocycles. The van der Waals surface area contributed by atoms with E-state index < -0.39 is 0 Å². The number of hydrogen-bond donors (Lipinski definition) is 1. The summed E-state index contributed by atoms with van der Waals surface area (Å²) < 4.78 is 0. The molecule has 0 amide bonds. The third-order valence-electron chi connectivity index (χ3n) is 4.88. The maximum Gasteiger partial charge on any atom is 0.0195 e. The summed E-state index contributed by atoms with van der Waals surface area (Å²) >= 11 is 0. The molecule has 3 unspecified atom stereocenters. The van der Waals surface area contributed by atoms with Crippen LogP contribution in [-0.2, 0) is 0 Å². The summed E-state index contributed by atoms with van der Waals surface area (Å²) in [7, 11) is 0. The van der Waals surface area contributed by atoms with Gasteiger partial charge in [-0.25, -0.2) is 0 Å². The maximum atomic E-state index is 3.76. The Morgan fingerprint density at radius 3 is 2.72 bits per heavy atom. The molecule has 2 fully saturated rings. The molecule has 1 N–H and O–H groups in total. The molecule has 3 atom stereocenters. The van der Waals surface area contributed by atoms with Gasteiger partial charge in [0.1, 0.15) is 0 Å². The number of rotatable bonds is 7. The van der Waals surface area contributed by atoms with E-state index in [1.807, 2.05) is 0 Å². The third kappa shape index (κ3) is 3.71. The van der Waals surface area contributed by atoms with Crippen molar-refractivity contribution in [2.24, 2.45) is 5.92 Å². The van der Waals surface area contributed by atoms with Gasteiger partial charge in [0, 0.05) is 18.6 Å². The van der Waals surface area contributed by atoms with E-state index in [0.717, 1.165) is 18.0 Å². The summed E-state index contributed by atoms with van der Waals surface area (Å²) in [5.41, 5.74) is 0. The van der Waals surface area contributed by atoms with Crippen molar-refractivity contribution in [3.05, 3.63) is 0 Å². The lowest BCUT2D eigenvalue weighted by Crippen LogP contribution is -2.49. The van der Waals surface area contributed by atoms with Gasteiger partial charge in [-0.05, 0) is 57.5 Å². The summed E-state index contributed by atoms with van der Waals surface area (Å²) in [6.45, 7) is 8.43. The van der Waals surface area contributed by atoms with Gasteiger partial charge in [0.25, 0.3) is 0 Å². The first kappa shape index (κ1) is 14.3. The Kier molecular flexibility index (Phi) is 5.97. The fourth-order valence-corrected chi connectivity index (χ4v) is 4.02. The van der Waals surface area contributed by atoms with E-state index in [4.69, 9.17) is 0 Å². The lowest BCUT2D eigenvalue weighted by Gasteiger charge is -2.40. The molecule has 0 radical (unpaired) electrons. The molecule has 2 aliphatic rings. The second-order valence-electron chi connectivity index (χ2n) is 6.34. The monoisotopic (exact) mass is 252 g/mol. The molecular formula is C16H32N2. The van der Waals surface area contributed by atoms with Gasteiger partial charge in [-0.1, -0.05) is 26.7 Å². The van der Waals surface area contributed by atoms with Crippen LogP contribution in [0.25, 0.3) is 0 Å². The van der Waals surface area contributed by atoms with E-state index >= 15 is 0 Å². The molecule has 1 aliphatic heterocycles. The van der Waals surface area contributed by atoms with E-state index in [-0.39, 0.29) is 0 Å². The van der Waals surface area contributed by atoms with Crippen LogP contribution in [-0.4, -0.2) is 36.6 Å². The zero-order valence-electron chi connectivity index (χ0n) is 12.5. The van der Waals surface area contributed by atoms with Crippen molar-refractivity contribution in [2.75, 3.05) is 19.6 Å². The van der Waals surface area contributed by atoms with Crippen LogP contribution in [0.2, 0.25) is 0 Å². The highest BCUT2D eigenvalue weighted by Crippen LogP contribution is 2.36. The molecule has 0 bridgehead atoms. The Labute approximate surface area is 114 Å². The minimum absolute atomic E-state index is 0.731. The largest absolute Gasteiger partial charge is 0.313 e. The first-order valence-electron chi connectivity index (χ1n) is 8.32. The van der Waals surface area contributed by atoms with E-state index in [1.54, 1.807) is 0 Å². The van der Waals surface area contributed by atoms with Crippen LogP contribution < -0.4 is 5.32 Å². The van der Waals surface area contributed by atoms with Crippen molar-refractivity contribution in [3.63, 3.8) is 0 Å². The van der Waals surface area contributed by atoms with Crippen molar-refractivity contribution in [3.8, 4) is 0 Å². The molecule has 1 saturated carbocycles. The molecule has 2 rings (SSSR count). The van der Waals surface area contributed by atoms with Crippen LogP contribution in [0.5, 0.6) is 0 Å². The zero-order valence-corrected chi connectivity index (χ0v) is 12.5. The molecule has 2 heteroatoms. The fraction of sp³-hybridized carbons (Fsp3) is 1.00. The Balaban J connectivity index is 1.84. The van der Waals surface area contributed by atoms with Crippen LogP contribution in [0.3, 0.4) is 0 Å². The second kappa shape index (κ2) is 7.49. The summed E-state index contributed by atoms with van der Waals surface area (Å²) in [6, 6.07) is 1.66. The molecule has 0 aromatic heterocycles. The van der Waals surface area contributed by atoms with Gasteiger partial charge in [-0.2, -0.15) is 0 Å². The summed E-state index contributed by atoms with van der Waals surface area (Å²) in [6.07, 6.45) is 11.3. The zero-order chi connectivity index (χ0) is 12.8. The average Bonchev–Trinajstić information content (AvgIpc) is 2.85. The predicted molar refractivity (Wildman–Crippen MR) is 78.9 cm³/mol. The summed E-state index contributed by atoms with van der Waals surface area (Å²) in [5, 5.41) is 3.76. The van der Waals surface area contributed by atoms with Crippen molar-refractivity contribution in [2.45, 2.75) is 77.3 Å². The fourth-order valence-electron chi connectivity index (χ4n) is 4.02. The molecule has 0 aromatic carbocycles. The van der Waals surface area contributed by atoms with Crippen molar-refractivity contribution >= 4 is 0 Å². The lowest BCUT2D eigenvalue weighted by atomic mass is 9.91. The highest BCUT2D eigenvalue weighted by atomic mass is 15.2. The van der Waals surface area contributed by atoms with Crippen LogP contribution in [0.15, 0.2) is 0 Å². The van der Waals surface area contributed by atoms with Crippen LogP contribution in [0.4, 0.5) is 0 Å². The predicted octanol–water partition coefficient (Wildman–Crippen LogP) is 3.42. The van der Waals surface area contributed by atoms with Crippen LogP contribution in [0.1, 0.15) is 65.2 Å². The Bertz CT molecular complexity index is 229. The highest BCUT2D eigenvalue weighted by molar-refractivity contribution is 4.90. The Morgan fingerprint density at radius 1 is 1.11 bits per heavy atom. The first-order chi connectivity index (χ1) is 8.85. The van der Waals surface area contributed by atoms with E-state index in [2.05, 4.69) is 24.1 Å². The van der Waals surface area contributed by atoms with E-state index in [9.17, 15) is 0 Å². The molecule has 1 saturated heterocycles. The summed E-state index contributed by atoms with van der Waals surface area (Å²) in [5.74, 6) is 1.03. The highest BCUT2D eigenvalue weighted by Gasteiger charge is 2.35. The van der Waals surface area contributed by atoms with Crippen molar-refractivity contribution < 1.29 is 0 Å². The average molecular weight is 252 g/mol. The van der Waals surface area contributed by atoms with Gasteiger partial charge in [-0.3, -0.25) is 4.90 Å². The van der Waals surface area contributed by atoms with Gasteiger partial charge in [0.2, 0.25) is 0 Å². The Hall–Kier alpha value is -0.0800. The third-order valence-corrected chi connectivity index (χ3v) is 4.88. The van der Waals surface area contributed by atoms with Gasteiger partial charge < -0.3 is 5.32 Å².